The first kappa shape index (κ1) is 13.1. The van der Waals surface area contributed by atoms with Crippen molar-refractivity contribution >= 4 is 21.8 Å². The summed E-state index contributed by atoms with van der Waals surface area (Å²) in [6, 6.07) is 13.1. The first-order chi connectivity index (χ1) is 9.36. The Kier molecular flexibility index (Phi) is 2.82. The number of pyridine rings is 1. The molecule has 1 nitrogen and oxygen atoms in total. The third-order valence-electron chi connectivity index (χ3n) is 3.83. The van der Waals surface area contributed by atoms with Gasteiger partial charge in [-0.25, -0.2) is 4.98 Å². The van der Waals surface area contributed by atoms with Crippen LogP contribution in [0.15, 0.2) is 36.4 Å². The Morgan fingerprint density at radius 3 is 2.10 bits per heavy atom. The van der Waals surface area contributed by atoms with E-state index < -0.39 is 0 Å². The van der Waals surface area contributed by atoms with Crippen LogP contribution in [0.3, 0.4) is 0 Å². The lowest BCUT2D eigenvalue weighted by molar-refractivity contribution is 0.601. The maximum atomic E-state index is 4.85. The van der Waals surface area contributed by atoms with E-state index in [1.807, 2.05) is 0 Å². The Morgan fingerprint density at radius 2 is 1.40 bits per heavy atom. The molecule has 0 saturated heterocycles. The van der Waals surface area contributed by atoms with Crippen LogP contribution in [0.5, 0.6) is 0 Å². The van der Waals surface area contributed by atoms with E-state index in [0.29, 0.717) is 0 Å². The first-order valence-electron chi connectivity index (χ1n) is 7.17. The summed E-state index contributed by atoms with van der Waals surface area (Å²) in [7, 11) is 0. The Labute approximate surface area is 120 Å². The van der Waals surface area contributed by atoms with Gasteiger partial charge >= 0.3 is 0 Å². The van der Waals surface area contributed by atoms with E-state index in [1.165, 1.54) is 27.5 Å². The van der Waals surface area contributed by atoms with Crippen LogP contribution in [-0.4, -0.2) is 4.98 Å². The summed E-state index contributed by atoms with van der Waals surface area (Å²) in [5.41, 5.74) is 6.25. The molecule has 3 rings (SSSR count). The maximum absolute atomic E-state index is 4.85. The number of hydrogen-bond acceptors (Lipinski definition) is 1. The minimum Gasteiger partial charge on any atom is -0.248 e. The molecule has 0 N–H and O–H groups in total. The van der Waals surface area contributed by atoms with Crippen LogP contribution in [0.25, 0.3) is 21.8 Å². The summed E-state index contributed by atoms with van der Waals surface area (Å²) < 4.78 is 0. The average Bonchev–Trinajstić information content (AvgIpc) is 2.34. The minimum atomic E-state index is 0.0997. The number of hydrogen-bond donors (Lipinski definition) is 0. The molecule has 0 aliphatic heterocycles. The molecule has 0 aliphatic rings. The third kappa shape index (κ3) is 2.07. The molecule has 0 aliphatic carbocycles. The van der Waals surface area contributed by atoms with Gasteiger partial charge in [-0.05, 0) is 48.6 Å². The predicted molar refractivity (Wildman–Crippen MR) is 87.4 cm³/mol. The maximum Gasteiger partial charge on any atom is 0.0715 e. The molecule has 0 radical (unpaired) electrons. The normalized spacial score (nSPS) is 12.2. The smallest absolute Gasteiger partial charge is 0.0715 e. The zero-order valence-electron chi connectivity index (χ0n) is 12.9. The zero-order valence-corrected chi connectivity index (χ0v) is 12.9. The van der Waals surface area contributed by atoms with Crippen LogP contribution >= 0.6 is 0 Å². The van der Waals surface area contributed by atoms with Crippen LogP contribution in [0, 0.1) is 13.8 Å². The highest BCUT2D eigenvalue weighted by atomic mass is 14.7. The molecular weight excluding hydrogens is 242 g/mol. The van der Waals surface area contributed by atoms with Gasteiger partial charge < -0.3 is 0 Å². The molecule has 1 heteroatoms. The molecular formula is C19H21N. The van der Waals surface area contributed by atoms with Crippen molar-refractivity contribution in [1.29, 1.82) is 0 Å². The van der Waals surface area contributed by atoms with Gasteiger partial charge in [-0.1, -0.05) is 44.5 Å². The Hall–Kier alpha value is -1.89. The molecule has 1 aromatic heterocycles. The molecule has 0 spiro atoms. The molecule has 0 atom stereocenters. The number of benzene rings is 2. The fourth-order valence-electron chi connectivity index (χ4n) is 2.98. The van der Waals surface area contributed by atoms with Gasteiger partial charge in [-0.3, -0.25) is 0 Å². The molecule has 0 unspecified atom stereocenters. The standard InChI is InChI=1S/C19H21N/c1-12-7-9-16-15(10-12)18(19(3,4)5)14-8-6-13(2)11-17(14)20-16/h6-11H,1-5H3. The van der Waals surface area contributed by atoms with Gasteiger partial charge in [-0.15, -0.1) is 0 Å². The Bertz CT molecular complexity index is 807. The number of nitrogens with zero attached hydrogens (tertiary/aromatic N) is 1. The molecule has 0 bridgehead atoms. The van der Waals surface area contributed by atoms with Gasteiger partial charge in [0.25, 0.3) is 0 Å². The monoisotopic (exact) mass is 263 g/mol. The number of aryl methyl sites for hydroxylation is 2. The van der Waals surface area contributed by atoms with Gasteiger partial charge in [0.2, 0.25) is 0 Å². The summed E-state index contributed by atoms with van der Waals surface area (Å²) in [5, 5.41) is 2.56. The van der Waals surface area contributed by atoms with Crippen LogP contribution in [0.4, 0.5) is 0 Å². The topological polar surface area (TPSA) is 12.9 Å². The van der Waals surface area contributed by atoms with E-state index in [1.54, 1.807) is 0 Å². The van der Waals surface area contributed by atoms with Crippen molar-refractivity contribution in [1.82, 2.24) is 4.98 Å². The third-order valence-corrected chi connectivity index (χ3v) is 3.83. The van der Waals surface area contributed by atoms with E-state index in [2.05, 4.69) is 71.0 Å². The Morgan fingerprint density at radius 1 is 0.750 bits per heavy atom. The van der Waals surface area contributed by atoms with Crippen molar-refractivity contribution in [2.45, 2.75) is 40.0 Å². The summed E-state index contributed by atoms with van der Waals surface area (Å²) in [6.45, 7) is 11.1. The van der Waals surface area contributed by atoms with Crippen LogP contribution < -0.4 is 0 Å². The summed E-state index contributed by atoms with van der Waals surface area (Å²) >= 11 is 0. The second-order valence-corrected chi connectivity index (χ2v) is 6.78. The number of fused-ring (bicyclic) bond motifs is 2. The van der Waals surface area contributed by atoms with Crippen molar-refractivity contribution in [2.24, 2.45) is 0 Å². The highest BCUT2D eigenvalue weighted by Crippen LogP contribution is 2.35. The fraction of sp³-hybridized carbons (Fsp3) is 0.316. The molecule has 102 valence electrons. The summed E-state index contributed by atoms with van der Waals surface area (Å²) in [6.07, 6.45) is 0. The minimum absolute atomic E-state index is 0.0997. The molecule has 0 saturated carbocycles. The van der Waals surface area contributed by atoms with Crippen LogP contribution in [0.2, 0.25) is 0 Å². The Balaban J connectivity index is 2.57. The second-order valence-electron chi connectivity index (χ2n) is 6.78. The highest BCUT2D eigenvalue weighted by Gasteiger charge is 2.21. The number of rotatable bonds is 0. The molecule has 20 heavy (non-hydrogen) atoms. The first-order valence-corrected chi connectivity index (χ1v) is 7.17. The second kappa shape index (κ2) is 4.31. The SMILES string of the molecule is Cc1ccc2c(C(C)(C)C)c3cc(C)ccc3nc2c1. The van der Waals surface area contributed by atoms with Crippen LogP contribution in [-0.2, 0) is 5.41 Å². The molecule has 0 amide bonds. The van der Waals surface area contributed by atoms with Gasteiger partial charge in [0.15, 0.2) is 0 Å². The lowest BCUT2D eigenvalue weighted by atomic mass is 9.81. The van der Waals surface area contributed by atoms with E-state index in [9.17, 15) is 0 Å². The predicted octanol–water partition coefficient (Wildman–Crippen LogP) is 5.30. The lowest BCUT2D eigenvalue weighted by Crippen LogP contribution is -2.13. The quantitative estimate of drug-likeness (QED) is 0.501. The van der Waals surface area contributed by atoms with E-state index in [4.69, 9.17) is 4.98 Å². The molecule has 2 aromatic carbocycles. The van der Waals surface area contributed by atoms with Gasteiger partial charge in [0.05, 0.1) is 11.0 Å². The molecule has 1 heterocycles. The number of aromatic nitrogens is 1. The van der Waals surface area contributed by atoms with Crippen molar-refractivity contribution in [3.63, 3.8) is 0 Å². The van der Waals surface area contributed by atoms with Gasteiger partial charge in [0, 0.05) is 10.8 Å². The van der Waals surface area contributed by atoms with E-state index >= 15 is 0 Å². The van der Waals surface area contributed by atoms with Gasteiger partial charge in [0.1, 0.15) is 0 Å². The van der Waals surface area contributed by atoms with E-state index in [-0.39, 0.29) is 5.41 Å². The largest absolute Gasteiger partial charge is 0.248 e. The van der Waals surface area contributed by atoms with E-state index in [0.717, 1.165) is 11.0 Å². The fourth-order valence-corrected chi connectivity index (χ4v) is 2.98. The highest BCUT2D eigenvalue weighted by molar-refractivity contribution is 5.98. The van der Waals surface area contributed by atoms with Gasteiger partial charge in [-0.2, -0.15) is 0 Å². The van der Waals surface area contributed by atoms with Crippen molar-refractivity contribution in [3.05, 3.63) is 53.1 Å². The zero-order chi connectivity index (χ0) is 14.5. The summed E-state index contributed by atoms with van der Waals surface area (Å²) in [4.78, 5) is 4.85. The lowest BCUT2D eigenvalue weighted by Gasteiger charge is -2.24. The summed E-state index contributed by atoms with van der Waals surface area (Å²) in [5.74, 6) is 0. The van der Waals surface area contributed by atoms with Crippen LogP contribution in [0.1, 0.15) is 37.5 Å². The molecule has 3 aromatic rings. The molecule has 0 fully saturated rings. The average molecular weight is 263 g/mol. The van der Waals surface area contributed by atoms with Crippen molar-refractivity contribution in [3.8, 4) is 0 Å². The van der Waals surface area contributed by atoms with Crippen molar-refractivity contribution in [2.75, 3.05) is 0 Å². The van der Waals surface area contributed by atoms with Crippen molar-refractivity contribution < 1.29 is 0 Å².